The van der Waals surface area contributed by atoms with Crippen molar-refractivity contribution in [1.29, 1.82) is 0 Å². The first-order valence-corrected chi connectivity index (χ1v) is 4.02. The minimum Gasteiger partial charge on any atom is -0.352 e. The Morgan fingerprint density at radius 2 is 2.27 bits per heavy atom. The maximum absolute atomic E-state index is 10.7. The van der Waals surface area contributed by atoms with Crippen LogP contribution in [-0.4, -0.2) is 24.0 Å². The van der Waals surface area contributed by atoms with E-state index < -0.39 is 0 Å². The van der Waals surface area contributed by atoms with E-state index in [1.165, 1.54) is 0 Å². The standard InChI is InChI=1S/C8H16N2O/c1-6(11)10-7-4-8(2,3)9-5-7/h7,9H,4-5H2,1-3H3,(H,10,11). The Bertz CT molecular complexity index is 165. The highest BCUT2D eigenvalue weighted by molar-refractivity contribution is 5.73. The Balaban J connectivity index is 2.36. The minimum atomic E-state index is 0.0644. The molecular formula is C8H16N2O. The highest BCUT2D eigenvalue weighted by Gasteiger charge is 2.30. The third kappa shape index (κ3) is 2.50. The molecule has 1 unspecified atom stereocenters. The average molecular weight is 156 g/mol. The molecule has 0 aromatic rings. The van der Waals surface area contributed by atoms with Gasteiger partial charge in [0.15, 0.2) is 0 Å². The fourth-order valence-electron chi connectivity index (χ4n) is 1.55. The zero-order chi connectivity index (χ0) is 8.48. The van der Waals surface area contributed by atoms with E-state index in [4.69, 9.17) is 0 Å². The number of nitrogens with one attached hydrogen (secondary N) is 2. The number of carbonyl (C=O) groups excluding carboxylic acids is 1. The third-order valence-corrected chi connectivity index (χ3v) is 1.99. The molecule has 3 nitrogen and oxygen atoms in total. The number of hydrogen-bond donors (Lipinski definition) is 2. The molecule has 0 saturated carbocycles. The van der Waals surface area contributed by atoms with E-state index in [1.54, 1.807) is 6.92 Å². The van der Waals surface area contributed by atoms with Gasteiger partial charge >= 0.3 is 0 Å². The van der Waals surface area contributed by atoms with Gasteiger partial charge in [-0.2, -0.15) is 0 Å². The van der Waals surface area contributed by atoms with Crippen LogP contribution in [0.1, 0.15) is 27.2 Å². The molecule has 2 N–H and O–H groups in total. The quantitative estimate of drug-likeness (QED) is 0.572. The Hall–Kier alpha value is -0.570. The third-order valence-electron chi connectivity index (χ3n) is 1.99. The van der Waals surface area contributed by atoms with E-state index in [-0.39, 0.29) is 11.4 Å². The predicted molar refractivity (Wildman–Crippen MR) is 44.3 cm³/mol. The van der Waals surface area contributed by atoms with Crippen LogP contribution in [0.3, 0.4) is 0 Å². The van der Waals surface area contributed by atoms with E-state index in [1.807, 2.05) is 0 Å². The highest BCUT2D eigenvalue weighted by Crippen LogP contribution is 2.17. The van der Waals surface area contributed by atoms with Gasteiger partial charge in [-0.25, -0.2) is 0 Å². The van der Waals surface area contributed by atoms with Crippen molar-refractivity contribution in [3.8, 4) is 0 Å². The Labute approximate surface area is 67.5 Å². The summed E-state index contributed by atoms with van der Waals surface area (Å²) in [5.74, 6) is 0.0644. The second kappa shape index (κ2) is 2.81. The maximum Gasteiger partial charge on any atom is 0.217 e. The molecule has 0 aromatic heterocycles. The summed E-state index contributed by atoms with van der Waals surface area (Å²) in [5, 5.41) is 6.23. The average Bonchev–Trinajstić information content (AvgIpc) is 2.08. The SMILES string of the molecule is CC(=O)NC1CNC(C)(C)C1. The van der Waals surface area contributed by atoms with Crippen molar-refractivity contribution < 1.29 is 4.79 Å². The first-order valence-electron chi connectivity index (χ1n) is 4.02. The molecule has 0 aliphatic carbocycles. The van der Waals surface area contributed by atoms with Gasteiger partial charge in [-0.1, -0.05) is 0 Å². The van der Waals surface area contributed by atoms with Crippen LogP contribution in [-0.2, 0) is 4.79 Å². The van der Waals surface area contributed by atoms with Gasteiger partial charge in [0.25, 0.3) is 0 Å². The molecule has 0 spiro atoms. The predicted octanol–water partition coefficient (Wildman–Crippen LogP) is 0.263. The van der Waals surface area contributed by atoms with E-state index in [2.05, 4.69) is 24.5 Å². The van der Waals surface area contributed by atoms with Crippen LogP contribution < -0.4 is 10.6 Å². The largest absolute Gasteiger partial charge is 0.352 e. The van der Waals surface area contributed by atoms with Gasteiger partial charge in [-0.3, -0.25) is 4.79 Å². The van der Waals surface area contributed by atoms with Crippen molar-refractivity contribution >= 4 is 5.91 Å². The van der Waals surface area contributed by atoms with Crippen molar-refractivity contribution in [2.45, 2.75) is 38.8 Å². The van der Waals surface area contributed by atoms with Crippen LogP contribution in [0.5, 0.6) is 0 Å². The molecule has 11 heavy (non-hydrogen) atoms. The Kier molecular flexibility index (Phi) is 2.18. The lowest BCUT2D eigenvalue weighted by molar-refractivity contribution is -0.119. The molecule has 1 aliphatic rings. The lowest BCUT2D eigenvalue weighted by Crippen LogP contribution is -2.34. The molecule has 1 fully saturated rings. The summed E-state index contributed by atoms with van der Waals surface area (Å²) >= 11 is 0. The second-order valence-corrected chi connectivity index (χ2v) is 3.87. The fourth-order valence-corrected chi connectivity index (χ4v) is 1.55. The van der Waals surface area contributed by atoms with Crippen molar-refractivity contribution in [2.75, 3.05) is 6.54 Å². The van der Waals surface area contributed by atoms with Crippen LogP contribution in [0.25, 0.3) is 0 Å². The minimum absolute atomic E-state index is 0.0644. The molecule has 1 aliphatic heterocycles. The van der Waals surface area contributed by atoms with Crippen LogP contribution in [0.2, 0.25) is 0 Å². The molecule has 3 heteroatoms. The fraction of sp³-hybridized carbons (Fsp3) is 0.875. The van der Waals surface area contributed by atoms with Crippen LogP contribution in [0.15, 0.2) is 0 Å². The summed E-state index contributed by atoms with van der Waals surface area (Å²) in [6.07, 6.45) is 1.02. The van der Waals surface area contributed by atoms with Gasteiger partial charge < -0.3 is 10.6 Å². The van der Waals surface area contributed by atoms with Gasteiger partial charge in [-0.15, -0.1) is 0 Å². The Morgan fingerprint density at radius 1 is 1.64 bits per heavy atom. The number of rotatable bonds is 1. The van der Waals surface area contributed by atoms with E-state index >= 15 is 0 Å². The first-order chi connectivity index (χ1) is 4.99. The van der Waals surface area contributed by atoms with Crippen molar-refractivity contribution in [2.24, 2.45) is 0 Å². The molecule has 1 amide bonds. The van der Waals surface area contributed by atoms with Crippen molar-refractivity contribution in [3.05, 3.63) is 0 Å². The molecule has 1 heterocycles. The molecule has 1 saturated heterocycles. The molecule has 64 valence electrons. The van der Waals surface area contributed by atoms with Gasteiger partial charge in [0, 0.05) is 25.0 Å². The van der Waals surface area contributed by atoms with Crippen LogP contribution in [0, 0.1) is 0 Å². The monoisotopic (exact) mass is 156 g/mol. The summed E-state index contributed by atoms with van der Waals surface area (Å²) in [5.41, 5.74) is 0.188. The Morgan fingerprint density at radius 3 is 2.64 bits per heavy atom. The lowest BCUT2D eigenvalue weighted by atomic mass is 10.0. The molecule has 1 rings (SSSR count). The highest BCUT2D eigenvalue weighted by atomic mass is 16.1. The second-order valence-electron chi connectivity index (χ2n) is 3.87. The molecular weight excluding hydrogens is 140 g/mol. The van der Waals surface area contributed by atoms with Gasteiger partial charge in [0.05, 0.1) is 0 Å². The summed E-state index contributed by atoms with van der Waals surface area (Å²) in [6, 6.07) is 0.322. The zero-order valence-electron chi connectivity index (χ0n) is 7.40. The van der Waals surface area contributed by atoms with E-state index in [9.17, 15) is 4.79 Å². The van der Waals surface area contributed by atoms with Crippen molar-refractivity contribution in [1.82, 2.24) is 10.6 Å². The normalized spacial score (nSPS) is 28.5. The summed E-state index contributed by atoms with van der Waals surface area (Å²) in [6.45, 7) is 6.75. The van der Waals surface area contributed by atoms with Crippen LogP contribution >= 0.6 is 0 Å². The van der Waals surface area contributed by atoms with Crippen molar-refractivity contribution in [3.63, 3.8) is 0 Å². The van der Waals surface area contributed by atoms with E-state index in [0.29, 0.717) is 6.04 Å². The topological polar surface area (TPSA) is 41.1 Å². The summed E-state index contributed by atoms with van der Waals surface area (Å²) in [4.78, 5) is 10.7. The maximum atomic E-state index is 10.7. The number of amides is 1. The van der Waals surface area contributed by atoms with E-state index in [0.717, 1.165) is 13.0 Å². The molecule has 0 bridgehead atoms. The first kappa shape index (κ1) is 8.53. The van der Waals surface area contributed by atoms with Gasteiger partial charge in [-0.05, 0) is 20.3 Å². The molecule has 1 atom stereocenters. The number of carbonyl (C=O) groups is 1. The zero-order valence-corrected chi connectivity index (χ0v) is 7.40. The summed E-state index contributed by atoms with van der Waals surface area (Å²) < 4.78 is 0. The van der Waals surface area contributed by atoms with Crippen LogP contribution in [0.4, 0.5) is 0 Å². The van der Waals surface area contributed by atoms with Gasteiger partial charge in [0.2, 0.25) is 5.91 Å². The van der Waals surface area contributed by atoms with Gasteiger partial charge in [0.1, 0.15) is 0 Å². The molecule has 0 aromatic carbocycles. The molecule has 0 radical (unpaired) electrons. The number of hydrogen-bond acceptors (Lipinski definition) is 2. The summed E-state index contributed by atoms with van der Waals surface area (Å²) in [7, 11) is 0. The smallest absolute Gasteiger partial charge is 0.217 e. The lowest BCUT2D eigenvalue weighted by Gasteiger charge is -2.17.